The normalized spacial score (nSPS) is 20.6. The second-order valence-electron chi connectivity index (χ2n) is 8.82. The molecule has 3 aromatic heterocycles. The van der Waals surface area contributed by atoms with E-state index in [-0.39, 0.29) is 35.6 Å². The van der Waals surface area contributed by atoms with Crippen LogP contribution in [0.25, 0.3) is 11.0 Å². The van der Waals surface area contributed by atoms with Crippen molar-refractivity contribution in [1.29, 1.82) is 0 Å². The minimum absolute atomic E-state index is 0.0840. The summed E-state index contributed by atoms with van der Waals surface area (Å²) in [5.74, 6) is 3.93. The number of hydrogen-bond donors (Lipinski definition) is 1. The van der Waals surface area contributed by atoms with Crippen molar-refractivity contribution in [3.05, 3.63) is 46.8 Å². The third kappa shape index (κ3) is 4.30. The zero-order valence-corrected chi connectivity index (χ0v) is 19.8. The third-order valence-corrected chi connectivity index (χ3v) is 6.48. The predicted molar refractivity (Wildman–Crippen MR) is 131 cm³/mol. The van der Waals surface area contributed by atoms with Gasteiger partial charge in [0.1, 0.15) is 11.8 Å². The molecule has 0 spiro atoms. The fraction of sp³-hybridized carbons (Fsp3) is 0.320. The maximum absolute atomic E-state index is 12.9. The van der Waals surface area contributed by atoms with Gasteiger partial charge < -0.3 is 19.5 Å². The molecular weight excluding hydrogens is 480 g/mol. The maximum atomic E-state index is 12.9. The Morgan fingerprint density at radius 3 is 2.81 bits per heavy atom. The molecule has 12 nitrogen and oxygen atoms in total. The number of ether oxygens (including phenoxy) is 3. The summed E-state index contributed by atoms with van der Waals surface area (Å²) in [7, 11) is 1.53. The Labute approximate surface area is 210 Å². The van der Waals surface area contributed by atoms with Crippen LogP contribution in [0.2, 0.25) is 0 Å². The first kappa shape index (κ1) is 22.8. The molecule has 2 atom stereocenters. The molecule has 1 saturated heterocycles. The first-order valence-electron chi connectivity index (χ1n) is 11.7. The second-order valence-corrected chi connectivity index (χ2v) is 8.82. The van der Waals surface area contributed by atoms with Gasteiger partial charge in [-0.15, -0.1) is 0 Å². The quantitative estimate of drug-likeness (QED) is 0.509. The SMILES string of the molecule is COc1ccc2ccc(=O)n(CCN3C[C@@H]4OC(=O)N(c5ccc6c(n5)NC(=O)CO6)C#C[C@H]4C3)c2n1. The smallest absolute Gasteiger partial charge is 0.428 e. The van der Waals surface area contributed by atoms with Crippen LogP contribution in [0.15, 0.2) is 41.2 Å². The molecule has 0 bridgehead atoms. The topological polar surface area (TPSA) is 128 Å². The predicted octanol–water partition coefficient (Wildman–Crippen LogP) is 1.05. The summed E-state index contributed by atoms with van der Waals surface area (Å²) in [6.07, 6.45) is -1.06. The van der Waals surface area contributed by atoms with Gasteiger partial charge in [0.15, 0.2) is 24.0 Å². The first-order valence-corrected chi connectivity index (χ1v) is 11.7. The van der Waals surface area contributed by atoms with Gasteiger partial charge in [-0.2, -0.15) is 9.88 Å². The summed E-state index contributed by atoms with van der Waals surface area (Å²) in [6.45, 7) is 1.95. The number of anilines is 2. The van der Waals surface area contributed by atoms with Crippen molar-refractivity contribution < 1.29 is 23.8 Å². The number of hydrogen-bond acceptors (Lipinski definition) is 9. The molecule has 0 aromatic carbocycles. The molecule has 3 aliphatic rings. The Morgan fingerprint density at radius 1 is 1.08 bits per heavy atom. The lowest BCUT2D eigenvalue weighted by molar-refractivity contribution is -0.118. The number of methoxy groups -OCH3 is 1. The van der Waals surface area contributed by atoms with Gasteiger partial charge in [0.05, 0.1) is 13.0 Å². The highest BCUT2D eigenvalue weighted by Crippen LogP contribution is 2.30. The van der Waals surface area contributed by atoms with Crippen molar-refractivity contribution in [3.63, 3.8) is 0 Å². The van der Waals surface area contributed by atoms with Crippen molar-refractivity contribution in [1.82, 2.24) is 19.4 Å². The third-order valence-electron chi connectivity index (χ3n) is 6.48. The molecule has 37 heavy (non-hydrogen) atoms. The van der Waals surface area contributed by atoms with Crippen LogP contribution in [0.1, 0.15) is 0 Å². The van der Waals surface area contributed by atoms with Gasteiger partial charge in [-0.05, 0) is 24.3 Å². The van der Waals surface area contributed by atoms with Crippen LogP contribution in [0, 0.1) is 17.9 Å². The number of nitrogens with one attached hydrogen (secondary N) is 1. The van der Waals surface area contributed by atoms with Crippen LogP contribution in [0.3, 0.4) is 0 Å². The van der Waals surface area contributed by atoms with Crippen molar-refractivity contribution in [2.24, 2.45) is 5.92 Å². The zero-order valence-electron chi connectivity index (χ0n) is 19.8. The van der Waals surface area contributed by atoms with Gasteiger partial charge in [0.25, 0.3) is 11.5 Å². The minimum Gasteiger partial charge on any atom is -0.481 e. The van der Waals surface area contributed by atoms with E-state index >= 15 is 0 Å². The summed E-state index contributed by atoms with van der Waals surface area (Å²) in [5.41, 5.74) is 0.406. The van der Waals surface area contributed by atoms with Gasteiger partial charge in [0, 0.05) is 49.7 Å². The summed E-state index contributed by atoms with van der Waals surface area (Å²) < 4.78 is 17.9. The molecule has 0 radical (unpaired) electrons. The fourth-order valence-electron chi connectivity index (χ4n) is 4.61. The summed E-state index contributed by atoms with van der Waals surface area (Å²) >= 11 is 0. The average molecular weight is 502 g/mol. The number of amides is 2. The van der Waals surface area contributed by atoms with Crippen LogP contribution in [0.5, 0.6) is 11.6 Å². The fourth-order valence-corrected chi connectivity index (χ4v) is 4.61. The molecule has 1 fully saturated rings. The number of pyridine rings is 3. The molecule has 1 N–H and O–H groups in total. The van der Waals surface area contributed by atoms with Crippen LogP contribution in [0.4, 0.5) is 16.4 Å². The molecule has 6 rings (SSSR count). The molecule has 3 aromatic rings. The van der Waals surface area contributed by atoms with Crippen LogP contribution in [-0.4, -0.2) is 70.9 Å². The van der Waals surface area contributed by atoms with E-state index in [2.05, 4.69) is 32.1 Å². The van der Waals surface area contributed by atoms with Crippen LogP contribution < -0.4 is 25.2 Å². The Morgan fingerprint density at radius 2 is 1.95 bits per heavy atom. The highest BCUT2D eigenvalue weighted by molar-refractivity contribution is 5.95. The molecular formula is C25H22N6O6. The van der Waals surface area contributed by atoms with Crippen molar-refractivity contribution >= 4 is 34.7 Å². The van der Waals surface area contributed by atoms with E-state index in [1.807, 2.05) is 6.07 Å². The molecule has 6 heterocycles. The van der Waals surface area contributed by atoms with Crippen LogP contribution in [-0.2, 0) is 16.1 Å². The highest BCUT2D eigenvalue weighted by Gasteiger charge is 2.38. The zero-order chi connectivity index (χ0) is 25.5. The second kappa shape index (κ2) is 9.11. The largest absolute Gasteiger partial charge is 0.481 e. The van der Waals surface area contributed by atoms with Gasteiger partial charge in [-0.25, -0.2) is 9.78 Å². The molecule has 12 heteroatoms. The highest BCUT2D eigenvalue weighted by atomic mass is 16.6. The Hall–Kier alpha value is -4.63. The average Bonchev–Trinajstić information content (AvgIpc) is 3.21. The van der Waals surface area contributed by atoms with E-state index in [0.29, 0.717) is 43.5 Å². The Kier molecular flexibility index (Phi) is 5.61. The molecule has 188 valence electrons. The standard InChI is InChI=1S/C25H22N6O6/c1-35-21-6-2-15-3-7-22(33)31(24(15)28-21)11-10-29-12-16-8-9-30(25(34)37-18(16)13-29)19-5-4-17-23(26-19)27-20(32)14-36-17/h2-7,16,18H,10-14H2,1H3,(H,26,27,32)/t16-,18-/m0/s1. The van der Waals surface area contributed by atoms with Gasteiger partial charge in [0.2, 0.25) is 5.88 Å². The maximum Gasteiger partial charge on any atom is 0.428 e. The number of carbonyl (C=O) groups is 2. The summed E-state index contributed by atoms with van der Waals surface area (Å²) in [4.78, 5) is 49.1. The van der Waals surface area contributed by atoms with Gasteiger partial charge in [-0.3, -0.25) is 19.1 Å². The van der Waals surface area contributed by atoms with E-state index in [1.165, 1.54) is 13.2 Å². The number of likely N-dealkylation sites (tertiary alicyclic amines) is 1. The molecule has 0 aliphatic carbocycles. The van der Waals surface area contributed by atoms with Crippen molar-refractivity contribution in [2.45, 2.75) is 12.6 Å². The Bertz CT molecular complexity index is 1540. The lowest BCUT2D eigenvalue weighted by Gasteiger charge is -2.21. The lowest BCUT2D eigenvalue weighted by Crippen LogP contribution is -2.34. The van der Waals surface area contributed by atoms with E-state index in [1.54, 1.807) is 28.8 Å². The van der Waals surface area contributed by atoms with E-state index in [0.717, 1.165) is 10.3 Å². The number of aromatic nitrogens is 3. The van der Waals surface area contributed by atoms with E-state index in [9.17, 15) is 14.4 Å². The minimum atomic E-state index is -0.640. The number of carbonyl (C=O) groups excluding carboxylic acids is 2. The molecule has 2 amide bonds. The Balaban J connectivity index is 1.17. The van der Waals surface area contributed by atoms with Crippen LogP contribution >= 0.6 is 0 Å². The van der Waals surface area contributed by atoms with Gasteiger partial charge in [-0.1, -0.05) is 5.92 Å². The van der Waals surface area contributed by atoms with E-state index in [4.69, 9.17) is 14.2 Å². The number of rotatable bonds is 5. The van der Waals surface area contributed by atoms with E-state index < -0.39 is 12.2 Å². The summed E-state index contributed by atoms with van der Waals surface area (Å²) in [5, 5.41) is 3.46. The van der Waals surface area contributed by atoms with Gasteiger partial charge >= 0.3 is 6.09 Å². The monoisotopic (exact) mass is 502 g/mol. The molecule has 0 unspecified atom stereocenters. The molecule has 3 aliphatic heterocycles. The van der Waals surface area contributed by atoms with Crippen molar-refractivity contribution in [3.8, 4) is 23.6 Å². The van der Waals surface area contributed by atoms with Crippen molar-refractivity contribution in [2.75, 3.05) is 43.6 Å². The summed E-state index contributed by atoms with van der Waals surface area (Å²) in [6, 6.07) is 13.0. The number of nitrogens with zero attached hydrogens (tertiary/aromatic N) is 5. The molecule has 0 saturated carbocycles. The first-order chi connectivity index (χ1) is 18.0. The lowest BCUT2D eigenvalue weighted by atomic mass is 10.1. The number of fused-ring (bicyclic) bond motifs is 3.